The maximum absolute atomic E-state index is 13.9. The van der Waals surface area contributed by atoms with Crippen LogP contribution in [0.5, 0.6) is 0 Å². The lowest BCUT2D eigenvalue weighted by molar-refractivity contribution is -0.117. The first-order valence-corrected chi connectivity index (χ1v) is 11.0. The lowest BCUT2D eigenvalue weighted by Crippen LogP contribution is -2.39. The summed E-state index contributed by atoms with van der Waals surface area (Å²) < 4.78 is 14.5. The third-order valence-corrected chi connectivity index (χ3v) is 5.95. The van der Waals surface area contributed by atoms with Gasteiger partial charge in [-0.1, -0.05) is 18.2 Å². The molecule has 4 rings (SSSR count). The molecule has 1 fully saturated rings. The maximum atomic E-state index is 13.9. The van der Waals surface area contributed by atoms with E-state index in [9.17, 15) is 9.18 Å². The summed E-state index contributed by atoms with van der Waals surface area (Å²) in [6.45, 7) is 1.81. The van der Waals surface area contributed by atoms with Gasteiger partial charge in [0.15, 0.2) is 0 Å². The number of nitrogens with one attached hydrogen (secondary N) is 2. The van der Waals surface area contributed by atoms with Crippen LogP contribution in [-0.2, 0) is 4.79 Å². The third-order valence-electron chi connectivity index (χ3n) is 5.29. The maximum Gasteiger partial charge on any atom is 0.238 e. The molecule has 1 aliphatic heterocycles. The number of rotatable bonds is 6. The Morgan fingerprint density at radius 3 is 2.58 bits per heavy atom. The Balaban J connectivity index is 1.30. The van der Waals surface area contributed by atoms with Gasteiger partial charge in [-0.05, 0) is 78.3 Å². The first-order chi connectivity index (χ1) is 15.1. The van der Waals surface area contributed by atoms with Gasteiger partial charge in [0.1, 0.15) is 17.5 Å². The van der Waals surface area contributed by atoms with E-state index >= 15 is 0 Å². The molecule has 2 N–H and O–H groups in total. The van der Waals surface area contributed by atoms with Gasteiger partial charge in [0.25, 0.3) is 0 Å². The summed E-state index contributed by atoms with van der Waals surface area (Å²) in [6, 6.07) is 16.3. The van der Waals surface area contributed by atoms with Crippen molar-refractivity contribution in [1.82, 2.24) is 14.9 Å². The number of pyridine rings is 2. The van der Waals surface area contributed by atoms with Gasteiger partial charge in [-0.15, -0.1) is 0 Å². The number of halogens is 2. The fraction of sp³-hybridized carbons (Fsp3) is 0.261. The van der Waals surface area contributed by atoms with Gasteiger partial charge in [0.05, 0.1) is 12.2 Å². The number of nitrogens with zero attached hydrogens (tertiary/aromatic N) is 3. The molecule has 1 aromatic carbocycles. The van der Waals surface area contributed by atoms with Crippen molar-refractivity contribution in [2.24, 2.45) is 0 Å². The van der Waals surface area contributed by atoms with E-state index in [-0.39, 0.29) is 18.1 Å². The Hall–Kier alpha value is -2.84. The number of carbonyl (C=O) groups excluding carboxylic acids is 1. The molecule has 2 aromatic heterocycles. The van der Waals surface area contributed by atoms with Crippen molar-refractivity contribution in [3.8, 4) is 0 Å². The van der Waals surface area contributed by atoms with Gasteiger partial charge in [0, 0.05) is 22.3 Å². The molecule has 0 aliphatic carbocycles. The summed E-state index contributed by atoms with van der Waals surface area (Å²) in [7, 11) is 0. The summed E-state index contributed by atoms with van der Waals surface area (Å²) in [5.74, 6) is 1.20. The largest absolute Gasteiger partial charge is 0.325 e. The molecule has 31 heavy (non-hydrogen) atoms. The predicted octanol–water partition coefficient (Wildman–Crippen LogP) is 4.94. The van der Waals surface area contributed by atoms with E-state index < -0.39 is 5.82 Å². The molecule has 8 heteroatoms. The summed E-state index contributed by atoms with van der Waals surface area (Å²) in [6.07, 6.45) is 3.57. The number of carbonyl (C=O) groups is 1. The first-order valence-electron chi connectivity index (χ1n) is 10.2. The van der Waals surface area contributed by atoms with E-state index in [4.69, 9.17) is 4.98 Å². The van der Waals surface area contributed by atoms with Gasteiger partial charge in [0.2, 0.25) is 5.91 Å². The zero-order chi connectivity index (χ0) is 21.6. The average molecular weight is 484 g/mol. The molecule has 3 aromatic rings. The van der Waals surface area contributed by atoms with Gasteiger partial charge >= 0.3 is 0 Å². The highest BCUT2D eigenvalue weighted by atomic mass is 79.9. The van der Waals surface area contributed by atoms with Crippen LogP contribution in [0.3, 0.4) is 0 Å². The minimum atomic E-state index is -0.452. The highest BCUT2D eigenvalue weighted by Gasteiger charge is 2.23. The second-order valence-corrected chi connectivity index (χ2v) is 8.34. The topological polar surface area (TPSA) is 70.2 Å². The molecular weight excluding hydrogens is 461 g/mol. The number of benzene rings is 1. The Morgan fingerprint density at radius 1 is 1.06 bits per heavy atom. The summed E-state index contributed by atoms with van der Waals surface area (Å²) in [4.78, 5) is 23.5. The SMILES string of the molecule is O=C(CN1CCC(c2cccc(Nc3ccccn3)n2)CC1)Nc1c(F)cccc1Br. The van der Waals surface area contributed by atoms with Gasteiger partial charge < -0.3 is 10.6 Å². The van der Waals surface area contributed by atoms with Crippen LogP contribution in [0.4, 0.5) is 21.7 Å². The number of hydrogen-bond donors (Lipinski definition) is 2. The van der Waals surface area contributed by atoms with Crippen LogP contribution in [-0.4, -0.2) is 40.4 Å². The fourth-order valence-corrected chi connectivity index (χ4v) is 4.14. The monoisotopic (exact) mass is 483 g/mol. The molecule has 160 valence electrons. The minimum absolute atomic E-state index is 0.184. The van der Waals surface area contributed by atoms with Gasteiger partial charge in [-0.25, -0.2) is 14.4 Å². The molecule has 3 heterocycles. The Morgan fingerprint density at radius 2 is 1.84 bits per heavy atom. The van der Waals surface area contributed by atoms with Crippen molar-refractivity contribution in [2.75, 3.05) is 30.3 Å². The van der Waals surface area contributed by atoms with Gasteiger partial charge in [-0.3, -0.25) is 9.69 Å². The van der Waals surface area contributed by atoms with Crippen LogP contribution in [0.2, 0.25) is 0 Å². The van der Waals surface area contributed by atoms with Gasteiger partial charge in [-0.2, -0.15) is 0 Å². The van der Waals surface area contributed by atoms with Crippen LogP contribution in [0.15, 0.2) is 65.3 Å². The molecular formula is C23H23BrFN5O. The normalized spacial score (nSPS) is 14.9. The Labute approximate surface area is 189 Å². The van der Waals surface area contributed by atoms with Crippen LogP contribution < -0.4 is 10.6 Å². The predicted molar refractivity (Wildman–Crippen MR) is 123 cm³/mol. The molecule has 1 saturated heterocycles. The molecule has 0 bridgehead atoms. The third kappa shape index (κ3) is 5.65. The summed E-state index contributed by atoms with van der Waals surface area (Å²) in [5.41, 5.74) is 1.23. The molecule has 0 unspecified atom stereocenters. The number of likely N-dealkylation sites (tertiary alicyclic amines) is 1. The molecule has 0 atom stereocenters. The molecule has 0 spiro atoms. The molecule has 0 saturated carbocycles. The van der Waals surface area contributed by atoms with E-state index in [1.54, 1.807) is 18.3 Å². The zero-order valence-electron chi connectivity index (χ0n) is 16.9. The number of anilines is 3. The highest BCUT2D eigenvalue weighted by Crippen LogP contribution is 2.28. The molecule has 6 nitrogen and oxygen atoms in total. The van der Waals surface area contributed by atoms with Crippen molar-refractivity contribution in [3.63, 3.8) is 0 Å². The first kappa shape index (κ1) is 21.4. The van der Waals surface area contributed by atoms with Crippen LogP contribution in [0.1, 0.15) is 24.5 Å². The van der Waals surface area contributed by atoms with Crippen molar-refractivity contribution >= 4 is 39.2 Å². The molecule has 1 aliphatic rings. The number of para-hydroxylation sites is 1. The second-order valence-electron chi connectivity index (χ2n) is 7.48. The number of piperidine rings is 1. The standard InChI is InChI=1S/C23H23BrFN5O/c24-17-5-3-6-18(25)23(17)29-22(31)15-30-13-10-16(11-14-30)19-7-4-9-21(27-19)28-20-8-1-2-12-26-20/h1-9,12,16H,10-11,13-15H2,(H,29,31)(H,26,27,28). The van der Waals surface area contributed by atoms with Crippen molar-refractivity contribution in [2.45, 2.75) is 18.8 Å². The van der Waals surface area contributed by atoms with E-state index in [0.29, 0.717) is 10.4 Å². The van der Waals surface area contributed by atoms with E-state index in [2.05, 4.69) is 36.4 Å². The quantitative estimate of drug-likeness (QED) is 0.519. The van der Waals surface area contributed by atoms with E-state index in [1.165, 1.54) is 6.07 Å². The van der Waals surface area contributed by atoms with Crippen LogP contribution in [0.25, 0.3) is 0 Å². The van der Waals surface area contributed by atoms with Crippen LogP contribution in [0, 0.1) is 5.82 Å². The van der Waals surface area contributed by atoms with E-state index in [1.807, 2.05) is 36.4 Å². The number of aromatic nitrogens is 2. The molecule has 0 radical (unpaired) electrons. The lowest BCUT2D eigenvalue weighted by Gasteiger charge is -2.31. The Kier molecular flexibility index (Phi) is 6.89. The van der Waals surface area contributed by atoms with Crippen LogP contribution >= 0.6 is 15.9 Å². The number of hydrogen-bond acceptors (Lipinski definition) is 5. The smallest absolute Gasteiger partial charge is 0.238 e. The molecule has 1 amide bonds. The van der Waals surface area contributed by atoms with E-state index in [0.717, 1.165) is 43.3 Å². The summed E-state index contributed by atoms with van der Waals surface area (Å²) in [5, 5.41) is 5.90. The Bertz CT molecular complexity index is 1020. The van der Waals surface area contributed by atoms with Crippen molar-refractivity contribution in [3.05, 3.63) is 76.8 Å². The second kappa shape index (κ2) is 9.98. The number of amides is 1. The highest BCUT2D eigenvalue weighted by molar-refractivity contribution is 9.10. The average Bonchev–Trinajstić information content (AvgIpc) is 2.78. The van der Waals surface area contributed by atoms with Crippen molar-refractivity contribution < 1.29 is 9.18 Å². The zero-order valence-corrected chi connectivity index (χ0v) is 18.5. The minimum Gasteiger partial charge on any atom is -0.325 e. The van der Waals surface area contributed by atoms with Crippen molar-refractivity contribution in [1.29, 1.82) is 0 Å². The summed E-state index contributed by atoms with van der Waals surface area (Å²) >= 11 is 3.28. The fourth-order valence-electron chi connectivity index (χ4n) is 3.70. The lowest BCUT2D eigenvalue weighted by atomic mass is 9.93.